The van der Waals surface area contributed by atoms with Gasteiger partial charge in [0.15, 0.2) is 5.65 Å². The van der Waals surface area contributed by atoms with Crippen molar-refractivity contribution < 1.29 is 18.7 Å². The highest BCUT2D eigenvalue weighted by Crippen LogP contribution is 2.30. The number of aromatic nitrogens is 3. The number of ether oxygens (including phenoxy) is 1. The summed E-state index contributed by atoms with van der Waals surface area (Å²) < 4.78 is 12.1. The monoisotopic (exact) mass is 430 g/mol. The summed E-state index contributed by atoms with van der Waals surface area (Å²) in [5, 5.41) is 5.42. The fourth-order valence-corrected chi connectivity index (χ4v) is 4.38. The van der Waals surface area contributed by atoms with Crippen LogP contribution in [0.2, 0.25) is 0 Å². The Balaban J connectivity index is 1.49. The molecule has 0 aliphatic carbocycles. The highest BCUT2D eigenvalue weighted by atomic mass is 16.5. The number of hydrogen-bond donors (Lipinski definition) is 0. The highest BCUT2D eigenvalue weighted by Gasteiger charge is 2.35. The molecule has 0 radical (unpaired) electrons. The molecule has 0 fully saturated rings. The van der Waals surface area contributed by atoms with Crippen molar-refractivity contribution >= 4 is 22.9 Å². The van der Waals surface area contributed by atoms with E-state index in [1.54, 1.807) is 22.0 Å². The molecule has 0 saturated carbocycles. The molecule has 32 heavy (non-hydrogen) atoms. The van der Waals surface area contributed by atoms with E-state index in [4.69, 9.17) is 9.15 Å². The zero-order chi connectivity index (χ0) is 22.2. The number of hydrogen-bond acceptors (Lipinski definition) is 6. The molecule has 5 rings (SSSR count). The first kappa shape index (κ1) is 20.0. The Bertz CT molecular complexity index is 1310. The van der Waals surface area contributed by atoms with Gasteiger partial charge in [-0.15, -0.1) is 0 Å². The average molecular weight is 430 g/mol. The second-order valence-corrected chi connectivity index (χ2v) is 7.81. The van der Waals surface area contributed by atoms with Crippen LogP contribution in [0.3, 0.4) is 0 Å². The largest absolute Gasteiger partial charge is 0.467 e. The fourth-order valence-electron chi connectivity index (χ4n) is 4.38. The minimum atomic E-state index is -0.669. The van der Waals surface area contributed by atoms with Crippen molar-refractivity contribution in [3.8, 4) is 11.3 Å². The zero-order valence-corrected chi connectivity index (χ0v) is 17.8. The van der Waals surface area contributed by atoms with Crippen LogP contribution in [0.1, 0.15) is 16.8 Å². The lowest BCUT2D eigenvalue weighted by molar-refractivity contribution is -0.154. The number of carbonyl (C=O) groups is 2. The predicted octanol–water partition coefficient (Wildman–Crippen LogP) is 3.13. The predicted molar refractivity (Wildman–Crippen MR) is 116 cm³/mol. The molecule has 4 aromatic rings. The van der Waals surface area contributed by atoms with Crippen LogP contribution in [0, 0.1) is 6.92 Å². The normalized spacial score (nSPS) is 15.6. The van der Waals surface area contributed by atoms with E-state index in [1.165, 1.54) is 7.11 Å². The second kappa shape index (κ2) is 7.96. The third-order valence-corrected chi connectivity index (χ3v) is 5.92. The number of pyridine rings is 1. The Hall–Kier alpha value is -3.94. The Kier molecular flexibility index (Phi) is 4.97. The number of nitrogens with zero attached hydrogens (tertiary/aromatic N) is 4. The molecule has 4 heterocycles. The molecule has 1 aliphatic rings. The summed E-state index contributed by atoms with van der Waals surface area (Å²) in [5.74, 6) is 0.0712. The Morgan fingerprint density at radius 2 is 1.97 bits per heavy atom. The van der Waals surface area contributed by atoms with Crippen LogP contribution >= 0.6 is 0 Å². The number of carbonyl (C=O) groups excluding carboxylic acids is 2. The average Bonchev–Trinajstić information content (AvgIpc) is 3.46. The molecule has 0 spiro atoms. The van der Waals surface area contributed by atoms with E-state index < -0.39 is 12.0 Å². The van der Waals surface area contributed by atoms with Crippen LogP contribution in [0.15, 0.2) is 59.3 Å². The Labute approximate surface area is 184 Å². The highest BCUT2D eigenvalue weighted by molar-refractivity contribution is 5.94. The lowest BCUT2D eigenvalue weighted by Crippen LogP contribution is -2.50. The van der Waals surface area contributed by atoms with Crippen LogP contribution in [-0.2, 0) is 33.8 Å². The van der Waals surface area contributed by atoms with Crippen LogP contribution in [-0.4, -0.2) is 44.7 Å². The molecule has 0 saturated heterocycles. The molecule has 1 atom stereocenters. The molecule has 1 aromatic carbocycles. The molecule has 0 N–H and O–H groups in total. The summed E-state index contributed by atoms with van der Waals surface area (Å²) in [6.45, 7) is 2.19. The molecule has 0 bridgehead atoms. The van der Waals surface area contributed by atoms with E-state index in [9.17, 15) is 9.59 Å². The van der Waals surface area contributed by atoms with Gasteiger partial charge in [-0.2, -0.15) is 5.10 Å². The minimum absolute atomic E-state index is 0.0331. The van der Waals surface area contributed by atoms with Crippen molar-refractivity contribution in [3.05, 3.63) is 71.7 Å². The number of methoxy groups -OCH3 is 1. The number of rotatable bonds is 4. The first-order valence-corrected chi connectivity index (χ1v) is 10.4. The van der Waals surface area contributed by atoms with Crippen molar-refractivity contribution in [3.63, 3.8) is 0 Å². The standard InChI is InChI=1S/C24H22N4O4/c1-15-22-18(20-8-5-11-32-20)9-10-25-23(22)28(26-15)14-21(29)27-13-17-7-4-3-6-16(17)12-19(27)24(30)31-2/h3-11,19H,12-14H2,1-2H3. The van der Waals surface area contributed by atoms with Gasteiger partial charge < -0.3 is 14.1 Å². The van der Waals surface area contributed by atoms with Gasteiger partial charge >= 0.3 is 5.97 Å². The lowest BCUT2D eigenvalue weighted by Gasteiger charge is -2.35. The van der Waals surface area contributed by atoms with E-state index in [2.05, 4.69) is 10.1 Å². The van der Waals surface area contributed by atoms with Crippen LogP contribution in [0.25, 0.3) is 22.4 Å². The second-order valence-electron chi connectivity index (χ2n) is 7.81. The van der Waals surface area contributed by atoms with Gasteiger partial charge in [-0.05, 0) is 36.2 Å². The maximum absolute atomic E-state index is 13.4. The van der Waals surface area contributed by atoms with Crippen LogP contribution in [0.5, 0.6) is 0 Å². The molecule has 8 nitrogen and oxygen atoms in total. The van der Waals surface area contributed by atoms with Gasteiger partial charge in [-0.25, -0.2) is 14.5 Å². The number of esters is 1. The van der Waals surface area contributed by atoms with E-state index in [0.29, 0.717) is 24.4 Å². The molecule has 1 unspecified atom stereocenters. The summed E-state index contributed by atoms with van der Waals surface area (Å²) in [6, 6.07) is 12.7. The van der Waals surface area contributed by atoms with Crippen molar-refractivity contribution in [2.24, 2.45) is 0 Å². The molecule has 162 valence electrons. The molecule has 1 aliphatic heterocycles. The van der Waals surface area contributed by atoms with Crippen LogP contribution < -0.4 is 0 Å². The van der Waals surface area contributed by atoms with E-state index in [0.717, 1.165) is 27.8 Å². The van der Waals surface area contributed by atoms with Gasteiger partial charge in [0.1, 0.15) is 18.3 Å². The number of aryl methyl sites for hydroxylation is 1. The fraction of sp³-hybridized carbons (Fsp3) is 0.250. The third-order valence-electron chi connectivity index (χ3n) is 5.92. The number of benzene rings is 1. The molecular formula is C24H22N4O4. The number of fused-ring (bicyclic) bond motifs is 2. The summed E-state index contributed by atoms with van der Waals surface area (Å²) in [5.41, 5.74) is 4.30. The van der Waals surface area contributed by atoms with Gasteiger partial charge in [0.2, 0.25) is 5.91 Å². The molecule has 3 aromatic heterocycles. The van der Waals surface area contributed by atoms with Gasteiger partial charge in [0.05, 0.1) is 24.5 Å². The molecular weight excluding hydrogens is 408 g/mol. The van der Waals surface area contributed by atoms with Gasteiger partial charge in [0, 0.05) is 24.7 Å². The third kappa shape index (κ3) is 3.33. The van der Waals surface area contributed by atoms with Crippen molar-refractivity contribution in [2.45, 2.75) is 32.5 Å². The van der Waals surface area contributed by atoms with Gasteiger partial charge in [-0.3, -0.25) is 4.79 Å². The maximum Gasteiger partial charge on any atom is 0.328 e. The topological polar surface area (TPSA) is 90.5 Å². The van der Waals surface area contributed by atoms with Crippen molar-refractivity contribution in [1.29, 1.82) is 0 Å². The number of furan rings is 1. The summed E-state index contributed by atoms with van der Waals surface area (Å²) in [4.78, 5) is 31.9. The maximum atomic E-state index is 13.4. The van der Waals surface area contributed by atoms with Gasteiger partial charge in [-0.1, -0.05) is 24.3 Å². The van der Waals surface area contributed by atoms with E-state index in [1.807, 2.05) is 49.4 Å². The van der Waals surface area contributed by atoms with Crippen LogP contribution in [0.4, 0.5) is 0 Å². The SMILES string of the molecule is COC(=O)C1Cc2ccccc2CN1C(=O)Cn1nc(C)c2c(-c3ccco3)ccnc21. The van der Waals surface area contributed by atoms with E-state index >= 15 is 0 Å². The molecule has 8 heteroatoms. The first-order valence-electron chi connectivity index (χ1n) is 10.4. The quantitative estimate of drug-likeness (QED) is 0.462. The number of amides is 1. The Morgan fingerprint density at radius 3 is 2.72 bits per heavy atom. The molecule has 1 amide bonds. The van der Waals surface area contributed by atoms with Crippen molar-refractivity contribution in [1.82, 2.24) is 19.7 Å². The smallest absolute Gasteiger partial charge is 0.328 e. The summed E-state index contributed by atoms with van der Waals surface area (Å²) in [6.07, 6.45) is 3.72. The Morgan fingerprint density at radius 1 is 1.16 bits per heavy atom. The van der Waals surface area contributed by atoms with Crippen molar-refractivity contribution in [2.75, 3.05) is 7.11 Å². The van der Waals surface area contributed by atoms with Gasteiger partial charge in [0.25, 0.3) is 0 Å². The lowest BCUT2D eigenvalue weighted by atomic mass is 9.94. The first-order chi connectivity index (χ1) is 15.6. The summed E-state index contributed by atoms with van der Waals surface area (Å²) in [7, 11) is 1.34. The minimum Gasteiger partial charge on any atom is -0.467 e. The summed E-state index contributed by atoms with van der Waals surface area (Å²) >= 11 is 0. The van der Waals surface area contributed by atoms with E-state index in [-0.39, 0.29) is 12.5 Å². The zero-order valence-electron chi connectivity index (χ0n) is 17.8.